The molecule has 0 fully saturated rings. The third kappa shape index (κ3) is 3.81. The zero-order valence-electron chi connectivity index (χ0n) is 18.5. The van der Waals surface area contributed by atoms with Gasteiger partial charge in [-0.1, -0.05) is 18.2 Å². The zero-order valence-corrected chi connectivity index (χ0v) is 18.5. The van der Waals surface area contributed by atoms with E-state index < -0.39 is 5.97 Å². The second-order valence-electron chi connectivity index (χ2n) is 8.34. The number of carboxylic acid groups (broad SMARTS) is 1. The lowest BCUT2D eigenvalue weighted by Gasteiger charge is -2.19. The Balaban J connectivity index is 1.38. The predicted molar refractivity (Wildman–Crippen MR) is 130 cm³/mol. The summed E-state index contributed by atoms with van der Waals surface area (Å²) in [6, 6.07) is 12.4. The lowest BCUT2D eigenvalue weighted by Crippen LogP contribution is -2.28. The van der Waals surface area contributed by atoms with Crippen LogP contribution in [-0.2, 0) is 17.6 Å². The number of para-hydroxylation sites is 1. The molecule has 9 heteroatoms. The van der Waals surface area contributed by atoms with Crippen molar-refractivity contribution < 1.29 is 19.8 Å². The Bertz CT molecular complexity index is 1370. The van der Waals surface area contributed by atoms with Crippen LogP contribution in [0.1, 0.15) is 41.4 Å². The number of aryl methyl sites for hydroxylation is 2. The summed E-state index contributed by atoms with van der Waals surface area (Å²) < 4.78 is 0. The van der Waals surface area contributed by atoms with Crippen LogP contribution in [0.4, 0.5) is 11.4 Å². The first-order chi connectivity index (χ1) is 16.4. The van der Waals surface area contributed by atoms with Crippen molar-refractivity contribution >= 4 is 34.7 Å². The molecule has 0 atom stereocenters. The van der Waals surface area contributed by atoms with Crippen LogP contribution in [0.2, 0.25) is 0 Å². The number of aromatic hydroxyl groups is 1. The highest BCUT2D eigenvalue weighted by Crippen LogP contribution is 2.36. The second-order valence-corrected chi connectivity index (χ2v) is 8.34. The molecule has 0 spiro atoms. The van der Waals surface area contributed by atoms with Gasteiger partial charge in [0, 0.05) is 17.3 Å². The van der Waals surface area contributed by atoms with Gasteiger partial charge in [0.05, 0.1) is 17.1 Å². The molecule has 2 heterocycles. The van der Waals surface area contributed by atoms with Crippen LogP contribution >= 0.6 is 0 Å². The number of amides is 1. The number of nitrogens with zero attached hydrogens (tertiary/aromatic N) is 3. The fourth-order valence-electron chi connectivity index (χ4n) is 4.31. The van der Waals surface area contributed by atoms with E-state index in [1.54, 1.807) is 25.1 Å². The number of carbonyl (C=O) groups is 2. The predicted octanol–water partition coefficient (Wildman–Crippen LogP) is 4.15. The number of phenolic OH excluding ortho intramolecular Hbond substituents is 1. The number of hydrogen-bond donors (Lipinski definition) is 4. The molecule has 34 heavy (non-hydrogen) atoms. The summed E-state index contributed by atoms with van der Waals surface area (Å²) in [5.41, 5.74) is 7.89. The Morgan fingerprint density at radius 3 is 2.71 bits per heavy atom. The standard InChI is InChI=1S/C25H23N5O4/c1-14-22(24(32)30(29-14)18-10-9-15-5-2-3-6-16(15)11-18)28-27-20-8-4-7-19(23(20)31)17-12-21(25(33)34)26-13-17/h4,7-13,26-27,31H,2-3,5-6H2,1H3,(H,33,34). The molecule has 1 aliphatic heterocycles. The van der Waals surface area contributed by atoms with Crippen LogP contribution in [0.3, 0.4) is 0 Å². The van der Waals surface area contributed by atoms with Gasteiger partial charge in [-0.15, -0.1) is 0 Å². The third-order valence-corrected chi connectivity index (χ3v) is 6.11. The van der Waals surface area contributed by atoms with E-state index in [1.807, 2.05) is 12.1 Å². The molecule has 1 amide bonds. The Labute approximate surface area is 195 Å². The largest absolute Gasteiger partial charge is 0.505 e. The fourth-order valence-corrected chi connectivity index (χ4v) is 4.31. The summed E-state index contributed by atoms with van der Waals surface area (Å²) in [7, 11) is 0. The fraction of sp³-hybridized carbons (Fsp3) is 0.200. The molecule has 1 aromatic heterocycles. The van der Waals surface area contributed by atoms with Crippen molar-refractivity contribution in [2.75, 3.05) is 10.4 Å². The molecule has 0 radical (unpaired) electrons. The van der Waals surface area contributed by atoms with Crippen LogP contribution in [0.15, 0.2) is 58.9 Å². The van der Waals surface area contributed by atoms with Gasteiger partial charge >= 0.3 is 11.9 Å². The highest BCUT2D eigenvalue weighted by molar-refractivity contribution is 6.71. The third-order valence-electron chi connectivity index (χ3n) is 6.11. The van der Waals surface area contributed by atoms with Crippen molar-refractivity contribution in [3.8, 4) is 16.9 Å². The summed E-state index contributed by atoms with van der Waals surface area (Å²) in [4.78, 5) is 26.9. The van der Waals surface area contributed by atoms with Crippen LogP contribution in [0, 0.1) is 0 Å². The second kappa shape index (κ2) is 8.51. The normalized spacial score (nSPS) is 16.5. The summed E-state index contributed by atoms with van der Waals surface area (Å²) in [5.74, 6) is -1.56. The number of aromatic carboxylic acids is 1. The average molecular weight is 457 g/mol. The molecule has 9 nitrogen and oxygen atoms in total. The molecule has 1 aliphatic carbocycles. The van der Waals surface area contributed by atoms with E-state index in [1.165, 1.54) is 34.8 Å². The van der Waals surface area contributed by atoms with E-state index in [0.29, 0.717) is 22.5 Å². The number of nitrogens with one attached hydrogen (secondary N) is 2. The number of fused-ring (bicyclic) bond motifs is 1. The Morgan fingerprint density at radius 1 is 1.15 bits per heavy atom. The Morgan fingerprint density at radius 2 is 1.94 bits per heavy atom. The number of H-pyrrole nitrogens is 1. The summed E-state index contributed by atoms with van der Waals surface area (Å²) in [6.07, 6.45) is 5.90. The van der Waals surface area contributed by atoms with E-state index in [9.17, 15) is 14.7 Å². The number of hydrogen-bond acceptors (Lipinski definition) is 6. The van der Waals surface area contributed by atoms with Gasteiger partial charge in [-0.3, -0.25) is 10.2 Å². The molecule has 0 bridgehead atoms. The topological polar surface area (TPSA) is 130 Å². The molecule has 0 saturated carbocycles. The molecule has 4 N–H and O–H groups in total. The SMILES string of the molecule is CC1=NN(c2ccc3c(c2)CCCC3)C(=O)C1=NNc1cccc(-c2c[nH]c(C(=O)O)c2)c1O. The smallest absolute Gasteiger partial charge is 0.352 e. The lowest BCUT2D eigenvalue weighted by atomic mass is 9.91. The molecule has 172 valence electrons. The number of aromatic amines is 1. The van der Waals surface area contributed by atoms with E-state index in [-0.39, 0.29) is 28.7 Å². The molecule has 5 rings (SSSR count). The highest BCUT2D eigenvalue weighted by Gasteiger charge is 2.31. The maximum atomic E-state index is 13.1. The number of phenols is 1. The highest BCUT2D eigenvalue weighted by atomic mass is 16.4. The van der Waals surface area contributed by atoms with Gasteiger partial charge in [0.2, 0.25) is 0 Å². The van der Waals surface area contributed by atoms with E-state index in [4.69, 9.17) is 5.11 Å². The Kier molecular flexibility index (Phi) is 5.37. The molecule has 2 aliphatic rings. The van der Waals surface area contributed by atoms with Crippen LogP contribution < -0.4 is 10.4 Å². The van der Waals surface area contributed by atoms with E-state index >= 15 is 0 Å². The van der Waals surface area contributed by atoms with Gasteiger partial charge in [0.15, 0.2) is 5.71 Å². The molecular weight excluding hydrogens is 434 g/mol. The maximum absolute atomic E-state index is 13.1. The number of carboxylic acids is 1. The maximum Gasteiger partial charge on any atom is 0.352 e. The molecule has 0 unspecified atom stereocenters. The summed E-state index contributed by atoms with van der Waals surface area (Å²) in [6.45, 7) is 1.71. The monoisotopic (exact) mass is 457 g/mol. The molecule has 0 saturated heterocycles. The van der Waals surface area contributed by atoms with Crippen LogP contribution in [0.5, 0.6) is 5.75 Å². The van der Waals surface area contributed by atoms with Gasteiger partial charge in [-0.25, -0.2) is 4.79 Å². The average Bonchev–Trinajstić information content (AvgIpc) is 3.43. The first-order valence-corrected chi connectivity index (χ1v) is 11.0. The summed E-state index contributed by atoms with van der Waals surface area (Å²) >= 11 is 0. The first-order valence-electron chi connectivity index (χ1n) is 11.0. The number of rotatable bonds is 5. The molecular formula is C25H23N5O4. The number of benzene rings is 2. The minimum atomic E-state index is -1.09. The van der Waals surface area contributed by atoms with Crippen molar-refractivity contribution in [3.63, 3.8) is 0 Å². The Hall–Kier alpha value is -4.40. The van der Waals surface area contributed by atoms with Gasteiger partial charge in [-0.05, 0) is 68.0 Å². The minimum Gasteiger partial charge on any atom is -0.505 e. The van der Waals surface area contributed by atoms with E-state index in [2.05, 4.69) is 26.7 Å². The summed E-state index contributed by atoms with van der Waals surface area (Å²) in [5, 5.41) is 29.8. The van der Waals surface area contributed by atoms with E-state index in [0.717, 1.165) is 19.3 Å². The molecule has 2 aromatic carbocycles. The lowest BCUT2D eigenvalue weighted by molar-refractivity contribution is -0.112. The van der Waals surface area contributed by atoms with Crippen LogP contribution in [0.25, 0.3) is 11.1 Å². The van der Waals surface area contributed by atoms with Gasteiger partial charge in [-0.2, -0.15) is 15.2 Å². The van der Waals surface area contributed by atoms with Crippen molar-refractivity contribution in [1.82, 2.24) is 4.98 Å². The van der Waals surface area contributed by atoms with Crippen molar-refractivity contribution in [1.29, 1.82) is 0 Å². The quantitative estimate of drug-likeness (QED) is 0.338. The van der Waals surface area contributed by atoms with Gasteiger partial charge in [0.25, 0.3) is 0 Å². The first kappa shape index (κ1) is 21.4. The number of aromatic nitrogens is 1. The number of carbonyl (C=O) groups excluding carboxylic acids is 1. The van der Waals surface area contributed by atoms with Gasteiger partial charge < -0.3 is 15.2 Å². The number of hydrazone groups is 2. The van der Waals surface area contributed by atoms with Crippen molar-refractivity contribution in [2.24, 2.45) is 10.2 Å². The zero-order chi connectivity index (χ0) is 23.8. The van der Waals surface area contributed by atoms with Crippen molar-refractivity contribution in [2.45, 2.75) is 32.6 Å². The van der Waals surface area contributed by atoms with Crippen molar-refractivity contribution in [3.05, 3.63) is 65.5 Å². The minimum absolute atomic E-state index is 0.0127. The molecule has 3 aromatic rings. The van der Waals surface area contributed by atoms with Crippen LogP contribution in [-0.4, -0.2) is 38.5 Å². The van der Waals surface area contributed by atoms with Gasteiger partial charge in [0.1, 0.15) is 11.4 Å². The number of anilines is 2.